The molecular formula is C48H65ClN2O6. The molecule has 0 spiro atoms. The van der Waals surface area contributed by atoms with E-state index in [1.165, 1.54) is 17.5 Å². The molecule has 3 aliphatic rings. The number of methoxy groups -OCH3 is 2. The Labute approximate surface area is 346 Å². The van der Waals surface area contributed by atoms with E-state index in [0.717, 1.165) is 117 Å². The Balaban J connectivity index is 1.09. The summed E-state index contributed by atoms with van der Waals surface area (Å²) >= 11 is 6.39. The zero-order valence-corrected chi connectivity index (χ0v) is 35.7. The van der Waals surface area contributed by atoms with Gasteiger partial charge in [-0.1, -0.05) is 106 Å². The third-order valence-corrected chi connectivity index (χ3v) is 13.2. The molecule has 2 aliphatic carbocycles. The van der Waals surface area contributed by atoms with Crippen molar-refractivity contribution in [2.45, 2.75) is 134 Å². The molecule has 1 heterocycles. The van der Waals surface area contributed by atoms with Gasteiger partial charge in [0.2, 0.25) is 5.91 Å². The summed E-state index contributed by atoms with van der Waals surface area (Å²) in [5.74, 6) is 0.390. The Kier molecular flexibility index (Phi) is 15.8. The summed E-state index contributed by atoms with van der Waals surface area (Å²) in [6, 6.07) is 21.0. The van der Waals surface area contributed by atoms with Crippen LogP contribution in [0.2, 0.25) is 5.02 Å². The molecule has 57 heavy (non-hydrogen) atoms. The fraction of sp³-hybridized carbons (Fsp3) is 0.583. The maximum absolute atomic E-state index is 14.5. The van der Waals surface area contributed by atoms with Crippen LogP contribution < -0.4 is 9.47 Å². The number of nitrogens with zero attached hydrogens (tertiary/aromatic N) is 2. The van der Waals surface area contributed by atoms with Crippen LogP contribution in [-0.2, 0) is 25.5 Å². The molecule has 0 N–H and O–H groups in total. The lowest BCUT2D eigenvalue weighted by molar-refractivity contribution is -0.160. The highest BCUT2D eigenvalue weighted by Gasteiger charge is 2.40. The van der Waals surface area contributed by atoms with Crippen LogP contribution in [0.5, 0.6) is 11.5 Å². The molecule has 1 saturated carbocycles. The van der Waals surface area contributed by atoms with E-state index in [0.29, 0.717) is 25.6 Å². The van der Waals surface area contributed by atoms with Gasteiger partial charge in [-0.3, -0.25) is 14.5 Å². The van der Waals surface area contributed by atoms with Gasteiger partial charge >= 0.3 is 5.97 Å². The summed E-state index contributed by atoms with van der Waals surface area (Å²) in [6.45, 7) is 6.42. The first-order valence-corrected chi connectivity index (χ1v) is 22.0. The highest BCUT2D eigenvalue weighted by Crippen LogP contribution is 2.44. The summed E-state index contributed by atoms with van der Waals surface area (Å²) in [6.07, 6.45) is 13.4. The Morgan fingerprint density at radius 3 is 2.42 bits per heavy atom. The van der Waals surface area contributed by atoms with Crippen LogP contribution >= 0.6 is 11.6 Å². The number of halogens is 1. The first kappa shape index (κ1) is 43.0. The summed E-state index contributed by atoms with van der Waals surface area (Å²) < 4.78 is 23.8. The number of benzene rings is 3. The van der Waals surface area contributed by atoms with Crippen molar-refractivity contribution in [3.8, 4) is 11.5 Å². The number of fused-ring (bicyclic) bond motifs is 1. The number of ether oxygens (including phenoxy) is 4. The van der Waals surface area contributed by atoms with E-state index in [4.69, 9.17) is 30.5 Å². The zero-order chi connectivity index (χ0) is 40.3. The van der Waals surface area contributed by atoms with Crippen molar-refractivity contribution >= 4 is 23.5 Å². The Morgan fingerprint density at radius 2 is 1.65 bits per heavy atom. The molecule has 3 aromatic rings. The standard InChI is InChI=1S/C48H65ClN2O6/c1-6-7-8-9-10-17-40(47(52)50(3)42-24-22-37(38-15-11-12-16-39(38)42)35-21-23-41(49)33(2)30-35)48(53)57-36-26-28-51(32-36)43-18-13-14-19-44(43)56-29-27-34-20-25-45(54-4)46(31-34)55-5/h11-12,15-16,20-21,23,25,30-31,36-37,40,42-44H,6-10,13-14,17-19,22,24,26-29,32H2,1-5H3/t36-,37+,40?,42+,43-,44-/m1/s1. The Morgan fingerprint density at radius 1 is 0.877 bits per heavy atom. The third kappa shape index (κ3) is 10.7. The van der Waals surface area contributed by atoms with Crippen molar-refractivity contribution in [2.75, 3.05) is 41.0 Å². The van der Waals surface area contributed by atoms with E-state index in [1.54, 1.807) is 14.2 Å². The second-order valence-electron chi connectivity index (χ2n) is 16.5. The van der Waals surface area contributed by atoms with Crippen LogP contribution in [0.3, 0.4) is 0 Å². The summed E-state index contributed by atoms with van der Waals surface area (Å²) in [4.78, 5) is 33.0. The van der Waals surface area contributed by atoms with Gasteiger partial charge in [0.15, 0.2) is 11.5 Å². The number of hydrogen-bond acceptors (Lipinski definition) is 7. The number of hydrogen-bond donors (Lipinski definition) is 0. The number of esters is 1. The minimum atomic E-state index is -0.809. The maximum Gasteiger partial charge on any atom is 0.318 e. The fourth-order valence-corrected chi connectivity index (χ4v) is 9.66. The molecule has 9 heteroatoms. The molecule has 0 aromatic heterocycles. The van der Waals surface area contributed by atoms with Crippen molar-refractivity contribution in [3.63, 3.8) is 0 Å². The average Bonchev–Trinajstić information content (AvgIpc) is 3.70. The number of amides is 1. The average molecular weight is 802 g/mol. The van der Waals surface area contributed by atoms with Crippen LogP contribution in [0.15, 0.2) is 60.7 Å². The van der Waals surface area contributed by atoms with Gasteiger partial charge in [-0.25, -0.2) is 0 Å². The van der Waals surface area contributed by atoms with Crippen molar-refractivity contribution in [1.29, 1.82) is 0 Å². The second-order valence-corrected chi connectivity index (χ2v) is 16.9. The SMILES string of the molecule is CCCCCCCC(C(=O)O[C@@H]1CCN([C@@H]2CCCC[C@H]2OCCc2ccc(OC)c(OC)c2)C1)C(=O)N(C)[C@H]1CC[C@@H](c2ccc(Cl)c(C)c2)c2ccccc21. The molecule has 6 atom stereocenters. The fourth-order valence-electron chi connectivity index (χ4n) is 9.55. The lowest BCUT2D eigenvalue weighted by atomic mass is 9.76. The lowest BCUT2D eigenvalue weighted by Crippen LogP contribution is -2.46. The van der Waals surface area contributed by atoms with Crippen molar-refractivity contribution in [1.82, 2.24) is 9.80 Å². The number of carbonyl (C=O) groups excluding carboxylic acids is 2. The topological polar surface area (TPSA) is 77.5 Å². The van der Waals surface area contributed by atoms with Gasteiger partial charge in [-0.05, 0) is 97.9 Å². The van der Waals surface area contributed by atoms with Crippen LogP contribution in [0.4, 0.5) is 0 Å². The highest BCUT2D eigenvalue weighted by atomic mass is 35.5. The van der Waals surface area contributed by atoms with Crippen molar-refractivity contribution in [2.24, 2.45) is 5.92 Å². The predicted octanol–water partition coefficient (Wildman–Crippen LogP) is 10.3. The van der Waals surface area contributed by atoms with E-state index < -0.39 is 5.92 Å². The third-order valence-electron chi connectivity index (χ3n) is 12.8. The molecule has 3 aromatic carbocycles. The molecule has 1 unspecified atom stereocenters. The number of likely N-dealkylation sites (tertiary alicyclic amines) is 1. The summed E-state index contributed by atoms with van der Waals surface area (Å²) in [5, 5.41) is 0.773. The van der Waals surface area contributed by atoms with Crippen LogP contribution in [0.25, 0.3) is 0 Å². The van der Waals surface area contributed by atoms with Crippen LogP contribution in [0.1, 0.15) is 130 Å². The van der Waals surface area contributed by atoms with Gasteiger partial charge < -0.3 is 23.8 Å². The second kappa shape index (κ2) is 20.9. The molecule has 1 aliphatic heterocycles. The van der Waals surface area contributed by atoms with Gasteiger partial charge in [-0.2, -0.15) is 0 Å². The van der Waals surface area contributed by atoms with Crippen molar-refractivity contribution < 1.29 is 28.5 Å². The molecule has 2 fully saturated rings. The monoisotopic (exact) mass is 800 g/mol. The molecule has 1 saturated heterocycles. The summed E-state index contributed by atoms with van der Waals surface area (Å²) in [7, 11) is 5.20. The molecule has 0 radical (unpaired) electrons. The highest BCUT2D eigenvalue weighted by molar-refractivity contribution is 6.31. The minimum Gasteiger partial charge on any atom is -0.493 e. The van der Waals surface area contributed by atoms with E-state index in [2.05, 4.69) is 54.3 Å². The van der Waals surface area contributed by atoms with E-state index in [9.17, 15) is 9.59 Å². The Bertz CT molecular complexity index is 1780. The number of carbonyl (C=O) groups is 2. The first-order valence-electron chi connectivity index (χ1n) is 21.6. The first-order chi connectivity index (χ1) is 27.7. The molecule has 8 nitrogen and oxygen atoms in total. The molecule has 6 rings (SSSR count). The number of rotatable bonds is 18. The normalized spacial score (nSPS) is 22.7. The largest absolute Gasteiger partial charge is 0.493 e. The number of aryl methyl sites for hydroxylation is 1. The molecule has 310 valence electrons. The maximum atomic E-state index is 14.5. The number of unbranched alkanes of at least 4 members (excludes halogenated alkanes) is 4. The van der Waals surface area contributed by atoms with Crippen LogP contribution in [-0.4, -0.2) is 80.9 Å². The van der Waals surface area contributed by atoms with E-state index >= 15 is 0 Å². The lowest BCUT2D eigenvalue weighted by Gasteiger charge is -2.38. The molecular weight excluding hydrogens is 736 g/mol. The summed E-state index contributed by atoms with van der Waals surface area (Å²) in [5.41, 5.74) is 5.87. The van der Waals surface area contributed by atoms with Gasteiger partial charge in [0.25, 0.3) is 0 Å². The minimum absolute atomic E-state index is 0.106. The quantitative estimate of drug-likeness (QED) is 0.0720. The van der Waals surface area contributed by atoms with Crippen molar-refractivity contribution in [3.05, 3.63) is 93.5 Å². The Hall–Kier alpha value is -3.59. The van der Waals surface area contributed by atoms with Gasteiger partial charge in [0.1, 0.15) is 12.0 Å². The van der Waals surface area contributed by atoms with Gasteiger partial charge in [0.05, 0.1) is 33.0 Å². The van der Waals surface area contributed by atoms with E-state index in [-0.39, 0.29) is 36.0 Å². The molecule has 1 amide bonds. The zero-order valence-electron chi connectivity index (χ0n) is 35.0. The van der Waals surface area contributed by atoms with Gasteiger partial charge in [0, 0.05) is 37.1 Å². The van der Waals surface area contributed by atoms with E-state index in [1.807, 2.05) is 37.1 Å². The van der Waals surface area contributed by atoms with Crippen LogP contribution in [0, 0.1) is 12.8 Å². The smallest absolute Gasteiger partial charge is 0.318 e. The molecule has 0 bridgehead atoms. The predicted molar refractivity (Wildman–Crippen MR) is 227 cm³/mol. The van der Waals surface area contributed by atoms with Gasteiger partial charge in [-0.15, -0.1) is 0 Å².